The molecule has 0 saturated carbocycles. The molecule has 1 rings (SSSR count). The van der Waals surface area contributed by atoms with Crippen molar-refractivity contribution < 1.29 is 29.1 Å². The smallest absolute Gasteiger partial charge is 0.326 e. The molecule has 0 aliphatic heterocycles. The Morgan fingerprint density at radius 3 is 2.27 bits per heavy atom. The summed E-state index contributed by atoms with van der Waals surface area (Å²) in [6.07, 6.45) is 3.76. The van der Waals surface area contributed by atoms with Crippen molar-refractivity contribution in [1.29, 1.82) is 0 Å². The maximum absolute atomic E-state index is 12.6. The van der Waals surface area contributed by atoms with Crippen molar-refractivity contribution >= 4 is 29.6 Å². The molecule has 14 nitrogen and oxygen atoms in total. The topological polar surface area (TPSA) is 248 Å². The molecule has 0 bridgehead atoms. The third-order valence-electron chi connectivity index (χ3n) is 4.68. The molecule has 0 aliphatic carbocycles. The van der Waals surface area contributed by atoms with E-state index in [0.29, 0.717) is 25.1 Å². The van der Waals surface area contributed by atoms with Crippen LogP contribution in [-0.4, -0.2) is 75.4 Å². The molecule has 0 radical (unpaired) electrons. The van der Waals surface area contributed by atoms with Gasteiger partial charge in [0.25, 0.3) is 0 Å². The molecule has 1 aromatic rings. The first-order chi connectivity index (χ1) is 15.5. The Kier molecular flexibility index (Phi) is 11.5. The monoisotopic (exact) mass is 468 g/mol. The normalized spacial score (nSPS) is 14.4. The standard InChI is InChI=1S/C19H32N8O6/c1-10(16(29)26-13(19(32)33)4-2-3-5-20)25-18(31)14(7-15(22)28)27-17(30)12(21)6-11-8-23-9-24-11/h8-10,12-14H,2-7,20-21H2,1H3,(H2,22,28)(H,23,24)(H,25,31)(H,26,29)(H,27,30)(H,32,33). The fourth-order valence-electron chi connectivity index (χ4n) is 2.84. The van der Waals surface area contributed by atoms with Gasteiger partial charge in [-0.3, -0.25) is 19.2 Å². The zero-order valence-corrected chi connectivity index (χ0v) is 18.4. The number of aromatic amines is 1. The number of unbranched alkanes of at least 4 members (excludes halogenated alkanes) is 1. The van der Waals surface area contributed by atoms with E-state index in [1.807, 2.05) is 0 Å². The summed E-state index contributed by atoms with van der Waals surface area (Å²) in [5, 5.41) is 16.3. The largest absolute Gasteiger partial charge is 0.480 e. The lowest BCUT2D eigenvalue weighted by atomic mass is 10.1. The van der Waals surface area contributed by atoms with Crippen molar-refractivity contribution in [3.8, 4) is 0 Å². The minimum atomic E-state index is -1.38. The number of imidazole rings is 1. The van der Waals surface area contributed by atoms with Crippen LogP contribution in [0.1, 0.15) is 38.3 Å². The molecule has 4 unspecified atom stereocenters. The molecular weight excluding hydrogens is 436 g/mol. The number of aromatic nitrogens is 2. The number of nitrogens with zero attached hydrogens (tertiary/aromatic N) is 1. The van der Waals surface area contributed by atoms with E-state index in [9.17, 15) is 29.1 Å². The van der Waals surface area contributed by atoms with Crippen LogP contribution >= 0.6 is 0 Å². The number of amides is 4. The molecular formula is C19H32N8O6. The maximum atomic E-state index is 12.6. The number of carboxylic acid groups (broad SMARTS) is 1. The van der Waals surface area contributed by atoms with E-state index < -0.39 is 60.2 Å². The van der Waals surface area contributed by atoms with Gasteiger partial charge in [-0.15, -0.1) is 0 Å². The van der Waals surface area contributed by atoms with Crippen molar-refractivity contribution in [2.45, 2.75) is 63.2 Å². The van der Waals surface area contributed by atoms with E-state index in [4.69, 9.17) is 17.2 Å². The van der Waals surface area contributed by atoms with Crippen LogP contribution in [0.25, 0.3) is 0 Å². The van der Waals surface area contributed by atoms with Crippen LogP contribution in [0, 0.1) is 0 Å². The Labute approximate surface area is 190 Å². The highest BCUT2D eigenvalue weighted by molar-refractivity contribution is 5.96. The van der Waals surface area contributed by atoms with E-state index in [0.717, 1.165) is 0 Å². The van der Waals surface area contributed by atoms with Gasteiger partial charge in [-0.1, -0.05) is 0 Å². The van der Waals surface area contributed by atoms with Gasteiger partial charge < -0.3 is 43.2 Å². The predicted octanol–water partition coefficient (Wildman–Crippen LogP) is -3.16. The zero-order chi connectivity index (χ0) is 25.0. The minimum Gasteiger partial charge on any atom is -0.480 e. The van der Waals surface area contributed by atoms with Crippen molar-refractivity contribution in [1.82, 2.24) is 25.9 Å². The van der Waals surface area contributed by atoms with Crippen LogP contribution in [0.5, 0.6) is 0 Å². The predicted molar refractivity (Wildman–Crippen MR) is 116 cm³/mol. The summed E-state index contributed by atoms with van der Waals surface area (Å²) in [5.41, 5.74) is 17.0. The zero-order valence-electron chi connectivity index (χ0n) is 18.4. The van der Waals surface area contributed by atoms with E-state index >= 15 is 0 Å². The molecule has 14 heteroatoms. The summed E-state index contributed by atoms with van der Waals surface area (Å²) in [5.74, 6) is -4.39. The number of carbonyl (C=O) groups is 5. The van der Waals surface area contributed by atoms with E-state index in [1.54, 1.807) is 0 Å². The average Bonchev–Trinajstić information content (AvgIpc) is 3.24. The van der Waals surface area contributed by atoms with Crippen molar-refractivity contribution in [3.05, 3.63) is 18.2 Å². The van der Waals surface area contributed by atoms with E-state index in [-0.39, 0.29) is 12.8 Å². The molecule has 0 fully saturated rings. The van der Waals surface area contributed by atoms with E-state index in [1.165, 1.54) is 19.4 Å². The molecule has 33 heavy (non-hydrogen) atoms. The third-order valence-corrected chi connectivity index (χ3v) is 4.68. The summed E-state index contributed by atoms with van der Waals surface area (Å²) < 4.78 is 0. The molecule has 4 amide bonds. The Balaban J connectivity index is 2.71. The number of nitrogens with one attached hydrogen (secondary N) is 4. The first-order valence-corrected chi connectivity index (χ1v) is 10.4. The van der Waals surface area contributed by atoms with Gasteiger partial charge in [0.2, 0.25) is 23.6 Å². The lowest BCUT2D eigenvalue weighted by Gasteiger charge is -2.23. The highest BCUT2D eigenvalue weighted by Gasteiger charge is 2.29. The number of carboxylic acids is 1. The van der Waals surface area contributed by atoms with Crippen LogP contribution in [0.15, 0.2) is 12.5 Å². The minimum absolute atomic E-state index is 0.107. The van der Waals surface area contributed by atoms with Gasteiger partial charge in [0.1, 0.15) is 18.1 Å². The second-order valence-corrected chi connectivity index (χ2v) is 7.53. The summed E-state index contributed by atoms with van der Waals surface area (Å²) in [6, 6.07) is -4.72. The molecule has 1 aromatic heterocycles. The van der Waals surface area contributed by atoms with Gasteiger partial charge in [0.15, 0.2) is 0 Å². The van der Waals surface area contributed by atoms with Crippen molar-refractivity contribution in [2.24, 2.45) is 17.2 Å². The Morgan fingerprint density at radius 2 is 1.73 bits per heavy atom. The van der Waals surface area contributed by atoms with Crippen LogP contribution < -0.4 is 33.2 Å². The second kappa shape index (κ2) is 13.8. The Hall–Kier alpha value is -3.52. The van der Waals surface area contributed by atoms with Crippen LogP contribution in [0.2, 0.25) is 0 Å². The number of carbonyl (C=O) groups excluding carboxylic acids is 4. The van der Waals surface area contributed by atoms with Crippen LogP contribution in [0.4, 0.5) is 0 Å². The average molecular weight is 469 g/mol. The molecule has 1 heterocycles. The van der Waals surface area contributed by atoms with Crippen molar-refractivity contribution in [3.63, 3.8) is 0 Å². The number of nitrogens with two attached hydrogens (primary N) is 3. The van der Waals surface area contributed by atoms with Gasteiger partial charge in [-0.25, -0.2) is 9.78 Å². The SMILES string of the molecule is CC(NC(=O)C(CC(N)=O)NC(=O)C(N)Cc1cnc[nH]1)C(=O)NC(CCCCN)C(=O)O. The van der Waals surface area contributed by atoms with Gasteiger partial charge in [-0.05, 0) is 32.7 Å². The van der Waals surface area contributed by atoms with Crippen LogP contribution in [0.3, 0.4) is 0 Å². The van der Waals surface area contributed by atoms with Gasteiger partial charge in [-0.2, -0.15) is 0 Å². The number of hydrogen-bond acceptors (Lipinski definition) is 8. The summed E-state index contributed by atoms with van der Waals surface area (Å²) in [4.78, 5) is 66.7. The lowest BCUT2D eigenvalue weighted by molar-refractivity contribution is -0.142. The number of H-pyrrole nitrogens is 1. The van der Waals surface area contributed by atoms with Gasteiger partial charge in [0, 0.05) is 18.3 Å². The Morgan fingerprint density at radius 1 is 1.06 bits per heavy atom. The quantitative estimate of drug-likeness (QED) is 0.121. The molecule has 0 saturated heterocycles. The van der Waals surface area contributed by atoms with Crippen LogP contribution in [-0.2, 0) is 30.4 Å². The third kappa shape index (κ3) is 10.1. The summed E-state index contributed by atoms with van der Waals surface area (Å²) >= 11 is 0. The van der Waals surface area contributed by atoms with Gasteiger partial charge >= 0.3 is 5.97 Å². The number of primary amides is 1. The molecule has 4 atom stereocenters. The first-order valence-electron chi connectivity index (χ1n) is 10.4. The second-order valence-electron chi connectivity index (χ2n) is 7.53. The molecule has 0 spiro atoms. The highest BCUT2D eigenvalue weighted by atomic mass is 16.4. The fourth-order valence-corrected chi connectivity index (χ4v) is 2.84. The number of rotatable bonds is 15. The molecule has 0 aromatic carbocycles. The lowest BCUT2D eigenvalue weighted by Crippen LogP contribution is -2.57. The molecule has 184 valence electrons. The number of aliphatic carboxylic acids is 1. The fraction of sp³-hybridized carbons (Fsp3) is 0.579. The highest BCUT2D eigenvalue weighted by Crippen LogP contribution is 2.03. The van der Waals surface area contributed by atoms with E-state index in [2.05, 4.69) is 25.9 Å². The maximum Gasteiger partial charge on any atom is 0.326 e. The Bertz CT molecular complexity index is 815. The molecule has 11 N–H and O–H groups in total. The summed E-state index contributed by atoms with van der Waals surface area (Å²) in [7, 11) is 0. The first kappa shape index (κ1) is 27.5. The van der Waals surface area contributed by atoms with Gasteiger partial charge in [0.05, 0.1) is 18.8 Å². The van der Waals surface area contributed by atoms with Crippen molar-refractivity contribution in [2.75, 3.05) is 6.54 Å². The summed E-state index contributed by atoms with van der Waals surface area (Å²) in [6.45, 7) is 1.73. The number of hydrogen-bond donors (Lipinski definition) is 8. The molecule has 0 aliphatic rings.